The van der Waals surface area contributed by atoms with E-state index in [1.54, 1.807) is 19.2 Å². The van der Waals surface area contributed by atoms with Gasteiger partial charge in [0.1, 0.15) is 5.75 Å². The second-order valence-electron chi connectivity index (χ2n) is 3.98. The molecule has 1 aromatic carbocycles. The van der Waals surface area contributed by atoms with Crippen molar-refractivity contribution in [3.63, 3.8) is 0 Å². The van der Waals surface area contributed by atoms with Crippen molar-refractivity contribution in [2.75, 3.05) is 19.9 Å². The number of sulfonamides is 1. The van der Waals surface area contributed by atoms with Gasteiger partial charge in [-0.05, 0) is 6.07 Å². The van der Waals surface area contributed by atoms with Crippen LogP contribution in [0.25, 0.3) is 0 Å². The van der Waals surface area contributed by atoms with Crippen LogP contribution in [-0.4, -0.2) is 37.1 Å². The number of aromatic nitrogens is 2. The molecule has 0 aliphatic rings. The first kappa shape index (κ1) is 14.7. The molecule has 0 atom stereocenters. The summed E-state index contributed by atoms with van der Waals surface area (Å²) in [6, 6.07) is 7.22. The highest BCUT2D eigenvalue weighted by molar-refractivity contribution is 7.91. The van der Waals surface area contributed by atoms with Crippen LogP contribution >= 0.6 is 11.3 Å². The molecule has 0 bridgehead atoms. The van der Waals surface area contributed by atoms with E-state index in [1.165, 1.54) is 11.4 Å². The molecule has 0 aliphatic carbocycles. The molecule has 0 aliphatic heterocycles. The zero-order valence-corrected chi connectivity index (χ0v) is 12.6. The van der Waals surface area contributed by atoms with Gasteiger partial charge in [-0.1, -0.05) is 29.5 Å². The van der Waals surface area contributed by atoms with Crippen LogP contribution < -0.4 is 10.5 Å². The molecule has 0 saturated heterocycles. The molecular weight excluding hydrogens is 300 g/mol. The number of anilines is 1. The van der Waals surface area contributed by atoms with Gasteiger partial charge in [0.25, 0.3) is 10.0 Å². The second-order valence-corrected chi connectivity index (χ2v) is 7.21. The molecule has 9 heteroatoms. The number of rotatable bonds is 5. The van der Waals surface area contributed by atoms with E-state index in [0.29, 0.717) is 5.75 Å². The van der Waals surface area contributed by atoms with Crippen molar-refractivity contribution in [3.05, 3.63) is 29.8 Å². The molecule has 0 amide bonds. The number of para-hydroxylation sites is 1. The molecule has 2 rings (SSSR count). The van der Waals surface area contributed by atoms with Crippen LogP contribution in [0.1, 0.15) is 5.56 Å². The summed E-state index contributed by atoms with van der Waals surface area (Å²) in [7, 11) is -0.687. The van der Waals surface area contributed by atoms with Gasteiger partial charge in [-0.25, -0.2) is 8.42 Å². The summed E-state index contributed by atoms with van der Waals surface area (Å²) in [5.74, 6) is 0.631. The minimum Gasteiger partial charge on any atom is -0.496 e. The Morgan fingerprint density at radius 2 is 2.05 bits per heavy atom. The number of nitrogens with two attached hydrogens (primary N) is 1. The normalized spacial score (nSPS) is 11.8. The highest BCUT2D eigenvalue weighted by Crippen LogP contribution is 2.24. The van der Waals surface area contributed by atoms with Gasteiger partial charge in [0, 0.05) is 19.2 Å². The molecular formula is C11H14N4O3S2. The molecule has 20 heavy (non-hydrogen) atoms. The van der Waals surface area contributed by atoms with Gasteiger partial charge in [0.15, 0.2) is 0 Å². The van der Waals surface area contributed by atoms with Crippen LogP contribution in [0.3, 0.4) is 0 Å². The summed E-state index contributed by atoms with van der Waals surface area (Å²) >= 11 is 0.838. The molecule has 2 N–H and O–H groups in total. The predicted molar refractivity (Wildman–Crippen MR) is 76.0 cm³/mol. The maximum absolute atomic E-state index is 12.3. The fourth-order valence-corrected chi connectivity index (χ4v) is 3.74. The Kier molecular flexibility index (Phi) is 4.21. The third-order valence-electron chi connectivity index (χ3n) is 2.64. The molecule has 108 valence electrons. The molecule has 0 fully saturated rings. The van der Waals surface area contributed by atoms with Crippen LogP contribution in [0.2, 0.25) is 0 Å². The van der Waals surface area contributed by atoms with E-state index in [9.17, 15) is 8.42 Å². The van der Waals surface area contributed by atoms with Gasteiger partial charge in [0.05, 0.1) is 7.11 Å². The zero-order chi connectivity index (χ0) is 14.8. The third-order valence-corrected chi connectivity index (χ3v) is 5.54. The van der Waals surface area contributed by atoms with E-state index in [1.807, 2.05) is 12.1 Å². The monoisotopic (exact) mass is 314 g/mol. The molecule has 2 aromatic rings. The van der Waals surface area contributed by atoms with Crippen LogP contribution in [0, 0.1) is 0 Å². The van der Waals surface area contributed by atoms with Crippen molar-refractivity contribution >= 4 is 26.5 Å². The van der Waals surface area contributed by atoms with Gasteiger partial charge < -0.3 is 10.5 Å². The maximum Gasteiger partial charge on any atom is 0.272 e. The molecule has 7 nitrogen and oxygen atoms in total. The van der Waals surface area contributed by atoms with Crippen LogP contribution in [0.15, 0.2) is 28.6 Å². The standard InChI is InChI=1S/C11H14N4O3S2/c1-15(7-8-5-3-4-6-9(8)18-2)20(16,17)11-14-13-10(12)19-11/h3-6H,7H2,1-2H3,(H2,12,13). The first-order chi connectivity index (χ1) is 9.45. The largest absolute Gasteiger partial charge is 0.496 e. The summed E-state index contributed by atoms with van der Waals surface area (Å²) in [4.78, 5) is 0. The topological polar surface area (TPSA) is 98.4 Å². The predicted octanol–water partition coefficient (Wildman–Crippen LogP) is 0.950. The van der Waals surface area contributed by atoms with E-state index < -0.39 is 10.0 Å². The molecule has 1 heterocycles. The Bertz CT molecular complexity index is 699. The van der Waals surface area contributed by atoms with Gasteiger partial charge in [-0.2, -0.15) is 4.31 Å². The van der Waals surface area contributed by atoms with Crippen LogP contribution in [0.5, 0.6) is 5.75 Å². The van der Waals surface area contributed by atoms with Crippen molar-refractivity contribution in [3.8, 4) is 5.75 Å². The number of nitrogen functional groups attached to an aromatic ring is 1. The smallest absolute Gasteiger partial charge is 0.272 e. The summed E-state index contributed by atoms with van der Waals surface area (Å²) in [6.45, 7) is 0.172. The van der Waals surface area contributed by atoms with Crippen molar-refractivity contribution in [2.45, 2.75) is 10.9 Å². The van der Waals surface area contributed by atoms with Crippen molar-refractivity contribution < 1.29 is 13.2 Å². The Hall–Kier alpha value is -1.71. The minimum atomic E-state index is -3.70. The average Bonchev–Trinajstić information content (AvgIpc) is 2.86. The van der Waals surface area contributed by atoms with E-state index in [-0.39, 0.29) is 16.0 Å². The lowest BCUT2D eigenvalue weighted by Gasteiger charge is -2.16. The first-order valence-corrected chi connectivity index (χ1v) is 7.88. The number of nitrogens with zero attached hydrogens (tertiary/aromatic N) is 3. The van der Waals surface area contributed by atoms with Crippen molar-refractivity contribution in [2.24, 2.45) is 0 Å². The third kappa shape index (κ3) is 2.89. The second kappa shape index (κ2) is 5.73. The van der Waals surface area contributed by atoms with Crippen LogP contribution in [-0.2, 0) is 16.6 Å². The summed E-state index contributed by atoms with van der Waals surface area (Å²) < 4.78 is 30.8. The Labute approximate surface area is 121 Å². The highest BCUT2D eigenvalue weighted by Gasteiger charge is 2.26. The van der Waals surface area contributed by atoms with Gasteiger partial charge in [0.2, 0.25) is 9.47 Å². The minimum absolute atomic E-state index is 0.118. The van der Waals surface area contributed by atoms with Gasteiger partial charge >= 0.3 is 0 Å². The number of ether oxygens (including phenoxy) is 1. The Morgan fingerprint density at radius 3 is 2.65 bits per heavy atom. The summed E-state index contributed by atoms with van der Waals surface area (Å²) in [5, 5.41) is 7.22. The molecule has 0 radical (unpaired) electrons. The fourth-order valence-electron chi connectivity index (χ4n) is 1.62. The van der Waals surface area contributed by atoms with Crippen molar-refractivity contribution in [1.29, 1.82) is 0 Å². The lowest BCUT2D eigenvalue weighted by Crippen LogP contribution is -2.26. The number of hydrogen-bond donors (Lipinski definition) is 1. The number of benzene rings is 1. The lowest BCUT2D eigenvalue weighted by molar-refractivity contribution is 0.398. The number of methoxy groups -OCH3 is 1. The molecule has 0 unspecified atom stereocenters. The summed E-state index contributed by atoms with van der Waals surface area (Å²) in [5.41, 5.74) is 6.18. The first-order valence-electron chi connectivity index (χ1n) is 5.62. The Balaban J connectivity index is 2.25. The molecule has 0 saturated carbocycles. The van der Waals surface area contributed by atoms with Crippen molar-refractivity contribution in [1.82, 2.24) is 14.5 Å². The van der Waals surface area contributed by atoms with E-state index in [4.69, 9.17) is 10.5 Å². The maximum atomic E-state index is 12.3. The van der Waals surface area contributed by atoms with E-state index in [2.05, 4.69) is 10.2 Å². The zero-order valence-electron chi connectivity index (χ0n) is 11.0. The Morgan fingerprint density at radius 1 is 1.35 bits per heavy atom. The molecule has 0 spiro atoms. The average molecular weight is 314 g/mol. The molecule has 1 aromatic heterocycles. The SMILES string of the molecule is COc1ccccc1CN(C)S(=O)(=O)c1nnc(N)s1. The van der Waals surface area contributed by atoms with E-state index >= 15 is 0 Å². The van der Waals surface area contributed by atoms with Gasteiger partial charge in [-0.3, -0.25) is 0 Å². The van der Waals surface area contributed by atoms with Crippen LogP contribution in [0.4, 0.5) is 5.13 Å². The fraction of sp³-hybridized carbons (Fsp3) is 0.273. The summed E-state index contributed by atoms with van der Waals surface area (Å²) in [6.07, 6.45) is 0. The lowest BCUT2D eigenvalue weighted by atomic mass is 10.2. The quantitative estimate of drug-likeness (QED) is 0.882. The van der Waals surface area contributed by atoms with E-state index in [0.717, 1.165) is 16.9 Å². The number of hydrogen-bond acceptors (Lipinski definition) is 7. The van der Waals surface area contributed by atoms with Gasteiger partial charge in [-0.15, -0.1) is 10.2 Å². The highest BCUT2D eigenvalue weighted by atomic mass is 32.2.